The first-order valence-corrected chi connectivity index (χ1v) is 8.58. The Hall–Kier alpha value is -1.63. The van der Waals surface area contributed by atoms with Crippen molar-refractivity contribution in [3.05, 3.63) is 40.9 Å². The van der Waals surface area contributed by atoms with Gasteiger partial charge in [0.2, 0.25) is 5.91 Å². The molecule has 1 aromatic carbocycles. The van der Waals surface area contributed by atoms with Crippen molar-refractivity contribution < 1.29 is 9.59 Å². The second-order valence-electron chi connectivity index (χ2n) is 5.29. The van der Waals surface area contributed by atoms with Gasteiger partial charge in [-0.15, -0.1) is 36.2 Å². The quantitative estimate of drug-likeness (QED) is 0.758. The second-order valence-corrected chi connectivity index (χ2v) is 6.19. The number of thiazole rings is 1. The molecule has 0 radical (unpaired) electrons. The molecule has 0 unspecified atom stereocenters. The Kier molecular flexibility index (Phi) is 10.4. The molecule has 2 N–H and O–H groups in total. The predicted octanol–water partition coefficient (Wildman–Crippen LogP) is 4.01. The average Bonchev–Trinajstić information content (AvgIpc) is 3.08. The Morgan fingerprint density at radius 1 is 1.08 bits per heavy atom. The lowest BCUT2D eigenvalue weighted by Gasteiger charge is -2.22. The molecule has 0 aliphatic carbocycles. The fourth-order valence-corrected chi connectivity index (χ4v) is 3.05. The summed E-state index contributed by atoms with van der Waals surface area (Å²) in [5.41, 5.74) is 6.97. The lowest BCUT2D eigenvalue weighted by atomic mass is 10.0. The van der Waals surface area contributed by atoms with Gasteiger partial charge in [0.25, 0.3) is 5.91 Å². The van der Waals surface area contributed by atoms with Gasteiger partial charge in [-0.2, -0.15) is 0 Å². The van der Waals surface area contributed by atoms with E-state index in [1.165, 1.54) is 11.3 Å². The number of benzene rings is 1. The molecule has 2 amide bonds. The summed E-state index contributed by atoms with van der Waals surface area (Å²) in [5.74, 6) is -0.621. The van der Waals surface area contributed by atoms with Crippen molar-refractivity contribution in [2.24, 2.45) is 5.73 Å². The van der Waals surface area contributed by atoms with E-state index in [-0.39, 0.29) is 30.7 Å². The average molecular weight is 404 g/mol. The Morgan fingerprint density at radius 2 is 1.68 bits per heavy atom. The molecule has 138 valence electrons. The van der Waals surface area contributed by atoms with Crippen LogP contribution in [0.4, 0.5) is 0 Å². The number of rotatable bonds is 7. The van der Waals surface area contributed by atoms with Gasteiger partial charge in [-0.3, -0.25) is 9.59 Å². The summed E-state index contributed by atoms with van der Waals surface area (Å²) in [6.45, 7) is 5.47. The minimum absolute atomic E-state index is 0. The van der Waals surface area contributed by atoms with Crippen LogP contribution in [0.2, 0.25) is 0 Å². The summed E-state index contributed by atoms with van der Waals surface area (Å²) in [7, 11) is 0. The van der Waals surface area contributed by atoms with Crippen LogP contribution in [0.25, 0.3) is 10.6 Å². The molecular weight excluding hydrogens is 381 g/mol. The van der Waals surface area contributed by atoms with Gasteiger partial charge >= 0.3 is 0 Å². The highest BCUT2D eigenvalue weighted by molar-refractivity contribution is 7.13. The van der Waals surface area contributed by atoms with Gasteiger partial charge < -0.3 is 10.6 Å². The van der Waals surface area contributed by atoms with E-state index < -0.39 is 5.91 Å². The smallest absolute Gasteiger partial charge is 0.253 e. The van der Waals surface area contributed by atoms with Crippen LogP contribution in [0, 0.1) is 0 Å². The second kappa shape index (κ2) is 11.1. The Bertz CT molecular complexity index is 687. The van der Waals surface area contributed by atoms with E-state index in [1.54, 1.807) is 24.4 Å². The first-order chi connectivity index (χ1) is 11.1. The van der Waals surface area contributed by atoms with Crippen LogP contribution >= 0.6 is 36.2 Å². The molecule has 0 bridgehead atoms. The van der Waals surface area contributed by atoms with E-state index in [0.717, 1.165) is 23.4 Å². The number of aromatic nitrogens is 1. The van der Waals surface area contributed by atoms with Crippen LogP contribution in [0.15, 0.2) is 29.8 Å². The minimum atomic E-state index is -0.546. The van der Waals surface area contributed by atoms with E-state index in [0.29, 0.717) is 24.2 Å². The van der Waals surface area contributed by atoms with Crippen molar-refractivity contribution >= 4 is 48.0 Å². The standard InChI is InChI=1S/C17H21N3O2S.2ClH/c1-3-6-20(7-4-2)17(22)14-10-12(15(18)21)9-13(11-14)16-19-5-8-23-16;;/h5,8-11H,3-4,6-7H2,1-2H3,(H2,18,21);2*1H. The molecule has 0 saturated carbocycles. The SMILES string of the molecule is CCCN(CCC)C(=O)c1cc(C(N)=O)cc(-c2nccs2)c1.Cl.Cl. The van der Waals surface area contributed by atoms with Gasteiger partial charge in [0.1, 0.15) is 5.01 Å². The van der Waals surface area contributed by atoms with Crippen LogP contribution < -0.4 is 5.73 Å². The molecule has 25 heavy (non-hydrogen) atoms. The summed E-state index contributed by atoms with van der Waals surface area (Å²) in [6.07, 6.45) is 3.47. The molecule has 0 saturated heterocycles. The molecule has 0 aliphatic rings. The monoisotopic (exact) mass is 403 g/mol. The summed E-state index contributed by atoms with van der Waals surface area (Å²) in [5, 5.41) is 2.62. The summed E-state index contributed by atoms with van der Waals surface area (Å²) in [6, 6.07) is 5.04. The van der Waals surface area contributed by atoms with E-state index in [2.05, 4.69) is 4.98 Å². The van der Waals surface area contributed by atoms with Crippen molar-refractivity contribution in [2.75, 3.05) is 13.1 Å². The zero-order valence-corrected chi connectivity index (χ0v) is 16.7. The zero-order valence-electron chi connectivity index (χ0n) is 14.2. The first-order valence-electron chi connectivity index (χ1n) is 7.70. The molecule has 1 aromatic heterocycles. The molecule has 0 fully saturated rings. The van der Waals surface area contributed by atoms with Gasteiger partial charge in [0, 0.05) is 41.4 Å². The van der Waals surface area contributed by atoms with E-state index >= 15 is 0 Å². The highest BCUT2D eigenvalue weighted by atomic mass is 35.5. The molecule has 5 nitrogen and oxygen atoms in total. The summed E-state index contributed by atoms with van der Waals surface area (Å²) in [4.78, 5) is 30.4. The number of hydrogen-bond acceptors (Lipinski definition) is 4. The number of carbonyl (C=O) groups is 2. The van der Waals surface area contributed by atoms with Crippen molar-refractivity contribution in [1.82, 2.24) is 9.88 Å². The third kappa shape index (κ3) is 5.99. The third-order valence-electron chi connectivity index (χ3n) is 3.42. The normalized spacial score (nSPS) is 9.68. The Labute approximate surface area is 164 Å². The van der Waals surface area contributed by atoms with Gasteiger partial charge in [-0.1, -0.05) is 13.8 Å². The Balaban J connectivity index is 0.00000288. The molecular formula is C17H23Cl2N3O2S. The van der Waals surface area contributed by atoms with Gasteiger partial charge in [-0.25, -0.2) is 4.98 Å². The van der Waals surface area contributed by atoms with Crippen LogP contribution in [0.5, 0.6) is 0 Å². The number of nitrogens with two attached hydrogens (primary N) is 1. The molecule has 0 spiro atoms. The molecule has 0 atom stereocenters. The number of primary amides is 1. The highest BCUT2D eigenvalue weighted by Crippen LogP contribution is 2.25. The Morgan fingerprint density at radius 3 is 2.16 bits per heavy atom. The maximum atomic E-state index is 12.8. The van der Waals surface area contributed by atoms with Gasteiger partial charge in [-0.05, 0) is 31.0 Å². The molecule has 2 aromatic rings. The maximum Gasteiger partial charge on any atom is 0.253 e. The fourth-order valence-electron chi connectivity index (χ4n) is 2.42. The van der Waals surface area contributed by atoms with Crippen LogP contribution in [-0.4, -0.2) is 34.8 Å². The van der Waals surface area contributed by atoms with Crippen molar-refractivity contribution in [1.29, 1.82) is 0 Å². The van der Waals surface area contributed by atoms with Crippen molar-refractivity contribution in [3.63, 3.8) is 0 Å². The molecule has 1 heterocycles. The number of nitrogens with zero attached hydrogens (tertiary/aromatic N) is 2. The van der Waals surface area contributed by atoms with E-state index in [9.17, 15) is 9.59 Å². The molecule has 0 aliphatic heterocycles. The highest BCUT2D eigenvalue weighted by Gasteiger charge is 2.18. The summed E-state index contributed by atoms with van der Waals surface area (Å²) >= 11 is 1.46. The minimum Gasteiger partial charge on any atom is -0.366 e. The summed E-state index contributed by atoms with van der Waals surface area (Å²) < 4.78 is 0. The van der Waals surface area contributed by atoms with Crippen LogP contribution in [0.1, 0.15) is 47.4 Å². The van der Waals surface area contributed by atoms with E-state index in [4.69, 9.17) is 5.73 Å². The largest absolute Gasteiger partial charge is 0.366 e. The third-order valence-corrected chi connectivity index (χ3v) is 4.24. The fraction of sp³-hybridized carbons (Fsp3) is 0.353. The topological polar surface area (TPSA) is 76.3 Å². The number of hydrogen-bond donors (Lipinski definition) is 1. The number of carbonyl (C=O) groups excluding carboxylic acids is 2. The number of halogens is 2. The lowest BCUT2D eigenvalue weighted by molar-refractivity contribution is 0.0755. The van der Waals surface area contributed by atoms with Crippen LogP contribution in [0.3, 0.4) is 0 Å². The maximum absolute atomic E-state index is 12.8. The predicted molar refractivity (Wildman–Crippen MR) is 107 cm³/mol. The molecule has 2 rings (SSSR count). The van der Waals surface area contributed by atoms with Crippen molar-refractivity contribution in [2.45, 2.75) is 26.7 Å². The van der Waals surface area contributed by atoms with Crippen LogP contribution in [-0.2, 0) is 0 Å². The van der Waals surface area contributed by atoms with Crippen molar-refractivity contribution in [3.8, 4) is 10.6 Å². The zero-order chi connectivity index (χ0) is 16.8. The first kappa shape index (κ1) is 23.4. The van der Waals surface area contributed by atoms with Gasteiger partial charge in [0.05, 0.1) is 0 Å². The number of amides is 2. The van der Waals surface area contributed by atoms with Gasteiger partial charge in [0.15, 0.2) is 0 Å². The van der Waals surface area contributed by atoms with E-state index in [1.807, 2.05) is 24.1 Å². The lowest BCUT2D eigenvalue weighted by Crippen LogP contribution is -2.32. The molecule has 8 heteroatoms.